The fraction of sp³-hybridized carbons (Fsp3) is 0. The number of rotatable bonds is 6. The molecular formula is C54H35NO. The SMILES string of the molecule is [2H]c1c([2H])c([2H])c2c(cc(-c3ccc(N(c4ccc(-c5c([2H])c([2H])c6c([2H])c([2H])c7oc8c([2H])c([2H])c([2H])c([2H])c8c7c6c5[2H])cc4)c4ccccc4-c4ccccc4)cc3)c3c([2H])c([2H])c([2H])c([2H])c32)c1[2H]. The zero-order valence-electron chi connectivity index (χ0n) is 46.2. The van der Waals surface area contributed by atoms with Gasteiger partial charge in [-0.2, -0.15) is 0 Å². The van der Waals surface area contributed by atoms with Gasteiger partial charge in [0.05, 0.1) is 29.0 Å². The van der Waals surface area contributed by atoms with Crippen molar-refractivity contribution in [2.24, 2.45) is 0 Å². The summed E-state index contributed by atoms with van der Waals surface area (Å²) in [5.41, 5.74) is 4.41. The first-order valence-corrected chi connectivity index (χ1v) is 17.8. The molecule has 1 aromatic heterocycles. The van der Waals surface area contributed by atoms with E-state index in [2.05, 4.69) is 0 Å². The summed E-state index contributed by atoms with van der Waals surface area (Å²) in [6, 6.07) is 25.2. The Morgan fingerprint density at radius 3 is 1.82 bits per heavy atom. The minimum absolute atomic E-state index is 0.00343. The zero-order chi connectivity index (χ0) is 51.8. The molecule has 0 atom stereocenters. The van der Waals surface area contributed by atoms with Gasteiger partial charge in [-0.05, 0) is 115 Å². The van der Waals surface area contributed by atoms with Gasteiger partial charge in [-0.15, -0.1) is 0 Å². The number of anilines is 3. The molecule has 0 saturated heterocycles. The van der Waals surface area contributed by atoms with Gasteiger partial charge in [-0.25, -0.2) is 0 Å². The molecule has 0 saturated carbocycles. The fourth-order valence-corrected chi connectivity index (χ4v) is 7.40. The number of hydrogen-bond donors (Lipinski definition) is 0. The van der Waals surface area contributed by atoms with Crippen LogP contribution in [0.15, 0.2) is 216 Å². The molecule has 0 aliphatic carbocycles. The lowest BCUT2D eigenvalue weighted by atomic mass is 9.93. The molecule has 0 unspecified atom stereocenters. The van der Waals surface area contributed by atoms with Crippen LogP contribution < -0.4 is 4.90 Å². The Bertz CT molecular complexity index is 4220. The van der Waals surface area contributed by atoms with E-state index in [1.54, 1.807) is 36.4 Å². The van der Waals surface area contributed by atoms with E-state index in [-0.39, 0.29) is 77.9 Å². The van der Waals surface area contributed by atoms with E-state index in [1.165, 1.54) is 6.07 Å². The Morgan fingerprint density at radius 1 is 0.393 bits per heavy atom. The van der Waals surface area contributed by atoms with Crippen LogP contribution in [0, 0.1) is 0 Å². The van der Waals surface area contributed by atoms with Gasteiger partial charge in [0.25, 0.3) is 0 Å². The van der Waals surface area contributed by atoms with Crippen molar-refractivity contribution < 1.29 is 27.7 Å². The molecule has 1 heterocycles. The van der Waals surface area contributed by atoms with Crippen LogP contribution in [0.5, 0.6) is 0 Å². The maximum absolute atomic E-state index is 9.63. The molecule has 0 fully saturated rings. The lowest BCUT2D eigenvalue weighted by Crippen LogP contribution is -2.11. The highest BCUT2D eigenvalue weighted by Gasteiger charge is 2.18. The Hall–Kier alpha value is -7.42. The topological polar surface area (TPSA) is 16.4 Å². The highest BCUT2D eigenvalue weighted by molar-refractivity contribution is 6.19. The maximum Gasteiger partial charge on any atom is 0.136 e. The number of fused-ring (bicyclic) bond motifs is 8. The molecule has 0 aliphatic rings. The van der Waals surface area contributed by atoms with Crippen molar-refractivity contribution in [3.8, 4) is 33.4 Å². The van der Waals surface area contributed by atoms with Crippen LogP contribution in [0.3, 0.4) is 0 Å². The Kier molecular flexibility index (Phi) is 4.52. The van der Waals surface area contributed by atoms with Gasteiger partial charge in [0.2, 0.25) is 0 Å². The van der Waals surface area contributed by atoms with E-state index in [1.807, 2.05) is 71.6 Å². The van der Waals surface area contributed by atoms with Crippen molar-refractivity contribution in [1.82, 2.24) is 0 Å². The predicted molar refractivity (Wildman–Crippen MR) is 237 cm³/mol. The second-order valence-corrected chi connectivity index (χ2v) is 13.2. The Labute approximate surface area is 349 Å². The fourth-order valence-electron chi connectivity index (χ4n) is 7.40. The lowest BCUT2D eigenvalue weighted by Gasteiger charge is -2.28. The van der Waals surface area contributed by atoms with Gasteiger partial charge >= 0.3 is 0 Å². The number of benzene rings is 10. The van der Waals surface area contributed by atoms with Gasteiger partial charge in [0, 0.05) is 27.7 Å². The van der Waals surface area contributed by atoms with E-state index in [0.717, 1.165) is 16.8 Å². The van der Waals surface area contributed by atoms with Gasteiger partial charge < -0.3 is 9.32 Å². The molecule has 11 aromatic rings. The van der Waals surface area contributed by atoms with E-state index >= 15 is 0 Å². The molecule has 0 radical (unpaired) electrons. The van der Waals surface area contributed by atoms with Gasteiger partial charge in [-0.3, -0.25) is 0 Å². The molecule has 2 nitrogen and oxygen atoms in total. The summed E-state index contributed by atoms with van der Waals surface area (Å²) in [7, 11) is 0. The van der Waals surface area contributed by atoms with Crippen molar-refractivity contribution >= 4 is 71.3 Å². The normalized spacial score (nSPS) is 15.8. The summed E-state index contributed by atoms with van der Waals surface area (Å²) in [6.07, 6.45) is 0. The van der Waals surface area contributed by atoms with Crippen LogP contribution in [0.2, 0.25) is 0 Å². The summed E-state index contributed by atoms with van der Waals surface area (Å²) in [6.45, 7) is 0. The smallest absolute Gasteiger partial charge is 0.136 e. The minimum atomic E-state index is -0.565. The van der Waals surface area contributed by atoms with Crippen molar-refractivity contribution in [3.63, 3.8) is 0 Å². The molecule has 262 valence electrons. The largest absolute Gasteiger partial charge is 0.456 e. The van der Waals surface area contributed by atoms with Crippen LogP contribution in [0.1, 0.15) is 23.3 Å². The number of furan rings is 1. The summed E-state index contributed by atoms with van der Waals surface area (Å²) >= 11 is 0. The van der Waals surface area contributed by atoms with E-state index in [0.29, 0.717) is 28.1 Å². The molecule has 10 aromatic carbocycles. The third kappa shape index (κ3) is 5.34. The summed E-state index contributed by atoms with van der Waals surface area (Å²) in [4.78, 5) is 1.98. The van der Waals surface area contributed by atoms with E-state index in [4.69, 9.17) is 23.6 Å². The van der Waals surface area contributed by atoms with Crippen LogP contribution in [-0.4, -0.2) is 0 Å². The predicted octanol–water partition coefficient (Wildman–Crippen LogP) is 15.5. The summed E-state index contributed by atoms with van der Waals surface area (Å²) < 4.78 is 155. The molecule has 0 N–H and O–H groups in total. The van der Waals surface area contributed by atoms with Crippen molar-refractivity contribution in [3.05, 3.63) is 212 Å². The standard InChI is InChI=1S/C54H35NO/c1-2-12-37(13-3-1)45-16-8-10-20-51(45)55(43-31-26-38(27-32-43)49-35-41-14-4-5-15-44(41)46-17-6-7-18-47(46)49)42-29-24-36(25-30-42)40-23-22-39-28-33-53-54(50(39)34-40)48-19-9-11-21-52(48)56-53/h1-35H/i4D,5D,6D,7D,9D,11D,14D,15D,17D,18D,19D,21D,22D,23D,28D,33D,34D. The first kappa shape index (κ1) is 19.3. The first-order valence-electron chi connectivity index (χ1n) is 26.3. The third-order valence-corrected chi connectivity index (χ3v) is 9.99. The molecular weight excluding hydrogens is 679 g/mol. The van der Waals surface area contributed by atoms with Gasteiger partial charge in [0.1, 0.15) is 11.2 Å². The molecule has 2 heteroatoms. The highest BCUT2D eigenvalue weighted by atomic mass is 16.3. The molecule has 11 rings (SSSR count). The summed E-state index contributed by atoms with van der Waals surface area (Å²) in [5, 5.41) is -0.242. The Morgan fingerprint density at radius 2 is 1.02 bits per heavy atom. The molecule has 56 heavy (non-hydrogen) atoms. The zero-order valence-corrected chi connectivity index (χ0v) is 29.2. The number of para-hydroxylation sites is 2. The van der Waals surface area contributed by atoms with Crippen molar-refractivity contribution in [2.75, 3.05) is 4.90 Å². The third-order valence-electron chi connectivity index (χ3n) is 9.99. The van der Waals surface area contributed by atoms with Crippen LogP contribution in [-0.2, 0) is 0 Å². The van der Waals surface area contributed by atoms with Gasteiger partial charge in [-0.1, -0.05) is 157 Å². The highest BCUT2D eigenvalue weighted by Crippen LogP contribution is 2.43. The minimum Gasteiger partial charge on any atom is -0.456 e. The average molecular weight is 731 g/mol. The van der Waals surface area contributed by atoms with Crippen LogP contribution in [0.4, 0.5) is 17.1 Å². The Balaban J connectivity index is 1.11. The monoisotopic (exact) mass is 730 g/mol. The second kappa shape index (κ2) is 13.2. The molecule has 0 amide bonds. The molecule has 0 spiro atoms. The number of hydrogen-bond acceptors (Lipinski definition) is 2. The van der Waals surface area contributed by atoms with E-state index < -0.39 is 84.6 Å². The number of nitrogens with zero attached hydrogens (tertiary/aromatic N) is 1. The molecule has 0 aliphatic heterocycles. The quantitative estimate of drug-likeness (QED) is 0.158. The van der Waals surface area contributed by atoms with Crippen molar-refractivity contribution in [1.29, 1.82) is 0 Å². The van der Waals surface area contributed by atoms with Crippen molar-refractivity contribution in [2.45, 2.75) is 0 Å². The first-order chi connectivity index (χ1) is 34.8. The maximum atomic E-state index is 9.63. The van der Waals surface area contributed by atoms with Crippen LogP contribution in [0.25, 0.3) is 87.6 Å². The molecule has 0 bridgehead atoms. The van der Waals surface area contributed by atoms with E-state index in [9.17, 15) is 4.11 Å². The second-order valence-electron chi connectivity index (χ2n) is 13.2. The average Bonchev–Trinajstić information content (AvgIpc) is 3.81. The lowest BCUT2D eigenvalue weighted by molar-refractivity contribution is 0.669. The summed E-state index contributed by atoms with van der Waals surface area (Å²) in [5.74, 6) is 0. The van der Waals surface area contributed by atoms with Crippen LogP contribution >= 0.6 is 0 Å². The van der Waals surface area contributed by atoms with Gasteiger partial charge in [0.15, 0.2) is 0 Å².